The van der Waals surface area contributed by atoms with Crippen molar-refractivity contribution in [2.45, 2.75) is 24.4 Å². The first-order valence-electron chi connectivity index (χ1n) is 5.86. The molecule has 1 aliphatic rings. The lowest BCUT2D eigenvalue weighted by molar-refractivity contribution is -0.126. The first-order valence-corrected chi connectivity index (χ1v) is 7.67. The van der Waals surface area contributed by atoms with Crippen molar-refractivity contribution < 1.29 is 13.2 Å². The van der Waals surface area contributed by atoms with E-state index in [2.05, 4.69) is 10.3 Å². The molecule has 1 fully saturated rings. The highest BCUT2D eigenvalue weighted by molar-refractivity contribution is 7.89. The van der Waals surface area contributed by atoms with E-state index in [1.807, 2.05) is 0 Å². The minimum absolute atomic E-state index is 0.0424. The Morgan fingerprint density at radius 2 is 2.26 bits per heavy atom. The van der Waals surface area contributed by atoms with Crippen LogP contribution in [-0.4, -0.2) is 47.3 Å². The quantitative estimate of drug-likeness (QED) is 0.850. The second kappa shape index (κ2) is 5.10. The van der Waals surface area contributed by atoms with E-state index in [1.165, 1.54) is 15.2 Å². The molecule has 1 aromatic heterocycles. The van der Waals surface area contributed by atoms with Crippen LogP contribution in [0.2, 0.25) is 5.15 Å². The third-order valence-electron chi connectivity index (χ3n) is 3.06. The standard InChI is InChI=1S/C10H15ClN4O3S/c1-3-7-9(16)12-4-5-15(7)19(17,18)10-8(11)14(2)6-13-10/h6-7H,3-5H2,1-2H3,(H,12,16). The van der Waals surface area contributed by atoms with E-state index in [4.69, 9.17) is 11.6 Å². The Kier molecular flexibility index (Phi) is 3.84. The third-order valence-corrected chi connectivity index (χ3v) is 5.46. The van der Waals surface area contributed by atoms with E-state index in [0.717, 1.165) is 0 Å². The van der Waals surface area contributed by atoms with Crippen LogP contribution in [0.1, 0.15) is 13.3 Å². The molecule has 106 valence electrons. The highest BCUT2D eigenvalue weighted by Crippen LogP contribution is 2.25. The molecule has 9 heteroatoms. The Morgan fingerprint density at radius 1 is 1.58 bits per heavy atom. The number of aryl methyl sites for hydroxylation is 1. The second-order valence-corrected chi connectivity index (χ2v) is 6.45. The summed E-state index contributed by atoms with van der Waals surface area (Å²) in [5.74, 6) is -0.288. The van der Waals surface area contributed by atoms with Gasteiger partial charge in [-0.15, -0.1) is 0 Å². The van der Waals surface area contributed by atoms with Crippen LogP contribution < -0.4 is 5.32 Å². The van der Waals surface area contributed by atoms with Crippen LogP contribution >= 0.6 is 11.6 Å². The Morgan fingerprint density at radius 3 is 2.79 bits per heavy atom. The van der Waals surface area contributed by atoms with Crippen LogP contribution in [-0.2, 0) is 21.9 Å². The lowest BCUT2D eigenvalue weighted by atomic mass is 10.2. The van der Waals surface area contributed by atoms with Crippen molar-refractivity contribution in [3.05, 3.63) is 11.5 Å². The number of rotatable bonds is 3. The number of imidazole rings is 1. The lowest BCUT2D eigenvalue weighted by Crippen LogP contribution is -2.56. The van der Waals surface area contributed by atoms with Gasteiger partial charge in [-0.05, 0) is 6.42 Å². The van der Waals surface area contributed by atoms with Crippen molar-refractivity contribution in [3.63, 3.8) is 0 Å². The van der Waals surface area contributed by atoms with Gasteiger partial charge >= 0.3 is 0 Å². The Hall–Kier alpha value is -1.12. The molecule has 1 aliphatic heterocycles. The number of nitrogens with one attached hydrogen (secondary N) is 1. The SMILES string of the molecule is CCC1C(=O)NCCN1S(=O)(=O)c1ncn(C)c1Cl. The average molecular weight is 307 g/mol. The number of hydrogen-bond donors (Lipinski definition) is 1. The zero-order valence-electron chi connectivity index (χ0n) is 10.6. The number of nitrogens with zero attached hydrogens (tertiary/aromatic N) is 3. The summed E-state index contributed by atoms with van der Waals surface area (Å²) in [6.45, 7) is 2.27. The highest BCUT2D eigenvalue weighted by atomic mass is 35.5. The van der Waals surface area contributed by atoms with Crippen molar-refractivity contribution in [1.82, 2.24) is 19.2 Å². The van der Waals surface area contributed by atoms with Gasteiger partial charge in [-0.2, -0.15) is 4.31 Å². The number of carbonyl (C=O) groups excluding carboxylic acids is 1. The van der Waals surface area contributed by atoms with E-state index >= 15 is 0 Å². The van der Waals surface area contributed by atoms with Crippen LogP contribution in [0.5, 0.6) is 0 Å². The van der Waals surface area contributed by atoms with Gasteiger partial charge in [0.15, 0.2) is 0 Å². The molecular formula is C10H15ClN4O3S. The normalized spacial score (nSPS) is 21.4. The van der Waals surface area contributed by atoms with E-state index in [-0.39, 0.29) is 22.6 Å². The van der Waals surface area contributed by atoms with Crippen LogP contribution in [0, 0.1) is 0 Å². The van der Waals surface area contributed by atoms with Crippen LogP contribution in [0.15, 0.2) is 11.4 Å². The van der Waals surface area contributed by atoms with Crippen molar-refractivity contribution >= 4 is 27.5 Å². The van der Waals surface area contributed by atoms with Gasteiger partial charge in [0.1, 0.15) is 11.2 Å². The van der Waals surface area contributed by atoms with Gasteiger partial charge in [0, 0.05) is 20.1 Å². The molecule has 1 unspecified atom stereocenters. The molecule has 7 nitrogen and oxygen atoms in total. The summed E-state index contributed by atoms with van der Waals surface area (Å²) in [5.41, 5.74) is 0. The van der Waals surface area contributed by atoms with Crippen LogP contribution in [0.4, 0.5) is 0 Å². The summed E-state index contributed by atoms with van der Waals surface area (Å²) in [6.07, 6.45) is 1.73. The van der Waals surface area contributed by atoms with Crippen molar-refractivity contribution in [3.8, 4) is 0 Å². The maximum atomic E-state index is 12.5. The summed E-state index contributed by atoms with van der Waals surface area (Å²) in [4.78, 5) is 15.6. The average Bonchev–Trinajstić information content (AvgIpc) is 2.70. The molecule has 1 atom stereocenters. The molecule has 2 heterocycles. The van der Waals surface area contributed by atoms with Crippen molar-refractivity contribution in [2.75, 3.05) is 13.1 Å². The van der Waals surface area contributed by atoms with E-state index in [0.29, 0.717) is 13.0 Å². The zero-order chi connectivity index (χ0) is 14.2. The molecule has 19 heavy (non-hydrogen) atoms. The summed E-state index contributed by atoms with van der Waals surface area (Å²) in [5, 5.41) is 2.49. The van der Waals surface area contributed by atoms with Gasteiger partial charge in [0.05, 0.1) is 6.33 Å². The molecule has 1 amide bonds. The van der Waals surface area contributed by atoms with E-state index < -0.39 is 16.1 Å². The molecule has 1 N–H and O–H groups in total. The van der Waals surface area contributed by atoms with Crippen LogP contribution in [0.3, 0.4) is 0 Å². The Balaban J connectivity index is 2.44. The largest absolute Gasteiger partial charge is 0.353 e. The minimum Gasteiger partial charge on any atom is -0.353 e. The maximum absolute atomic E-state index is 12.5. The fourth-order valence-corrected chi connectivity index (χ4v) is 4.10. The van der Waals surface area contributed by atoms with E-state index in [1.54, 1.807) is 14.0 Å². The first kappa shape index (κ1) is 14.3. The Bertz CT molecular complexity index is 598. The number of piperazine rings is 1. The molecule has 0 aromatic carbocycles. The van der Waals surface area contributed by atoms with Crippen LogP contribution in [0.25, 0.3) is 0 Å². The molecule has 0 saturated carbocycles. The number of carbonyl (C=O) groups is 1. The number of sulfonamides is 1. The van der Waals surface area contributed by atoms with Gasteiger partial charge < -0.3 is 9.88 Å². The molecule has 2 rings (SSSR count). The van der Waals surface area contributed by atoms with Gasteiger partial charge in [-0.1, -0.05) is 18.5 Å². The predicted molar refractivity (Wildman–Crippen MR) is 69.2 cm³/mol. The predicted octanol–water partition coefficient (Wildman–Crippen LogP) is -0.0274. The fraction of sp³-hybridized carbons (Fsp3) is 0.600. The molecule has 0 aliphatic carbocycles. The summed E-state index contributed by atoms with van der Waals surface area (Å²) >= 11 is 5.93. The maximum Gasteiger partial charge on any atom is 0.264 e. The Labute approximate surface area is 116 Å². The van der Waals surface area contributed by atoms with Gasteiger partial charge in [-0.3, -0.25) is 4.79 Å². The number of halogens is 1. The van der Waals surface area contributed by atoms with Crippen molar-refractivity contribution in [2.24, 2.45) is 7.05 Å². The van der Waals surface area contributed by atoms with E-state index in [9.17, 15) is 13.2 Å². The van der Waals surface area contributed by atoms with Crippen molar-refractivity contribution in [1.29, 1.82) is 0 Å². The molecule has 1 aromatic rings. The number of hydrogen-bond acceptors (Lipinski definition) is 4. The smallest absolute Gasteiger partial charge is 0.264 e. The minimum atomic E-state index is -3.86. The van der Waals surface area contributed by atoms with Gasteiger partial charge in [0.2, 0.25) is 10.9 Å². The number of amides is 1. The molecule has 0 radical (unpaired) electrons. The molecular weight excluding hydrogens is 292 g/mol. The topological polar surface area (TPSA) is 84.3 Å². The molecule has 1 saturated heterocycles. The zero-order valence-corrected chi connectivity index (χ0v) is 12.2. The monoisotopic (exact) mass is 306 g/mol. The second-order valence-electron chi connectivity index (χ2n) is 4.28. The number of aromatic nitrogens is 2. The third kappa shape index (κ3) is 2.35. The first-order chi connectivity index (χ1) is 8.89. The summed E-state index contributed by atoms with van der Waals surface area (Å²) in [6, 6.07) is -0.711. The summed E-state index contributed by atoms with van der Waals surface area (Å²) < 4.78 is 27.6. The van der Waals surface area contributed by atoms with Gasteiger partial charge in [-0.25, -0.2) is 13.4 Å². The highest BCUT2D eigenvalue weighted by Gasteiger charge is 2.39. The molecule has 0 bridgehead atoms. The van der Waals surface area contributed by atoms with Gasteiger partial charge in [0.25, 0.3) is 10.0 Å². The lowest BCUT2D eigenvalue weighted by Gasteiger charge is -2.32. The fourth-order valence-electron chi connectivity index (χ4n) is 2.05. The summed E-state index contributed by atoms with van der Waals surface area (Å²) in [7, 11) is -2.25. The molecule has 0 spiro atoms.